The number of hydrogen-bond donors (Lipinski definition) is 0. The summed E-state index contributed by atoms with van der Waals surface area (Å²) in [4.78, 5) is 11.1. The Hall–Kier alpha value is -0.840. The van der Waals surface area contributed by atoms with Crippen LogP contribution in [0.1, 0.15) is 32.6 Å². The smallest absolute Gasteiger partial charge is 0.153 e. The second-order valence-electron chi connectivity index (χ2n) is 2.89. The zero-order valence-electron chi connectivity index (χ0n) is 6.18. The third-order valence-corrected chi connectivity index (χ3v) is 2.36. The molecule has 1 aliphatic rings. The number of ketones is 1. The number of carbonyl (C=O) groups is 1. The van der Waals surface area contributed by atoms with Gasteiger partial charge in [0.1, 0.15) is 0 Å². The molecule has 0 bridgehead atoms. The van der Waals surface area contributed by atoms with Gasteiger partial charge >= 0.3 is 0 Å². The van der Waals surface area contributed by atoms with Crippen molar-refractivity contribution in [1.82, 2.24) is 0 Å². The van der Waals surface area contributed by atoms with Crippen LogP contribution in [0.25, 0.3) is 0 Å². The van der Waals surface area contributed by atoms with Crippen molar-refractivity contribution in [1.29, 1.82) is 5.26 Å². The summed E-state index contributed by atoms with van der Waals surface area (Å²) in [6, 6.07) is 1.90. The zero-order chi connectivity index (χ0) is 7.61. The average molecular weight is 137 g/mol. The number of Topliss-reactive ketones (excluding diaryl/α,β-unsaturated/α-hetero) is 1. The van der Waals surface area contributed by atoms with Gasteiger partial charge in [-0.25, -0.2) is 0 Å². The Kier molecular flexibility index (Phi) is 1.76. The zero-order valence-corrected chi connectivity index (χ0v) is 6.18. The molecular weight excluding hydrogens is 126 g/mol. The van der Waals surface area contributed by atoms with Gasteiger partial charge in [-0.05, 0) is 19.3 Å². The van der Waals surface area contributed by atoms with Crippen LogP contribution in [-0.2, 0) is 4.79 Å². The second-order valence-corrected chi connectivity index (χ2v) is 2.89. The van der Waals surface area contributed by atoms with Gasteiger partial charge in [-0.2, -0.15) is 5.26 Å². The fraction of sp³-hybridized carbons (Fsp3) is 0.750. The first-order valence-electron chi connectivity index (χ1n) is 3.65. The highest BCUT2D eigenvalue weighted by Crippen LogP contribution is 2.49. The van der Waals surface area contributed by atoms with Crippen molar-refractivity contribution in [3.63, 3.8) is 0 Å². The SMILES string of the molecule is CCC1(C(=O)CC#N)CC1. The molecule has 0 unspecified atom stereocenters. The van der Waals surface area contributed by atoms with Gasteiger partial charge in [-0.3, -0.25) is 4.79 Å². The minimum absolute atomic E-state index is 0.0598. The lowest BCUT2D eigenvalue weighted by Crippen LogP contribution is -2.13. The molecule has 1 rings (SSSR count). The fourth-order valence-corrected chi connectivity index (χ4v) is 1.24. The first-order valence-corrected chi connectivity index (χ1v) is 3.65. The maximum absolute atomic E-state index is 11.1. The summed E-state index contributed by atoms with van der Waals surface area (Å²) in [7, 11) is 0. The summed E-state index contributed by atoms with van der Waals surface area (Å²) < 4.78 is 0. The Labute approximate surface area is 60.8 Å². The molecule has 0 aromatic rings. The molecule has 0 heterocycles. The lowest BCUT2D eigenvalue weighted by Gasteiger charge is -2.06. The van der Waals surface area contributed by atoms with Crippen LogP contribution < -0.4 is 0 Å². The van der Waals surface area contributed by atoms with E-state index in [4.69, 9.17) is 5.26 Å². The standard InChI is InChI=1S/C8H11NO/c1-2-8(4-5-8)7(10)3-6-9/h2-5H2,1H3. The molecule has 10 heavy (non-hydrogen) atoms. The minimum atomic E-state index is -0.0598. The number of rotatable bonds is 3. The number of hydrogen-bond acceptors (Lipinski definition) is 2. The summed E-state index contributed by atoms with van der Waals surface area (Å²) in [6.45, 7) is 2.02. The number of nitriles is 1. The van der Waals surface area contributed by atoms with Crippen molar-refractivity contribution in [2.24, 2.45) is 5.41 Å². The Morgan fingerprint density at radius 3 is 2.60 bits per heavy atom. The summed E-state index contributed by atoms with van der Waals surface area (Å²) in [6.07, 6.45) is 3.02. The Morgan fingerprint density at radius 1 is 1.70 bits per heavy atom. The highest BCUT2D eigenvalue weighted by Gasteiger charge is 2.46. The van der Waals surface area contributed by atoms with E-state index in [-0.39, 0.29) is 17.6 Å². The predicted molar refractivity (Wildman–Crippen MR) is 37.2 cm³/mol. The molecule has 1 aliphatic carbocycles. The van der Waals surface area contributed by atoms with Gasteiger partial charge in [0, 0.05) is 5.41 Å². The van der Waals surface area contributed by atoms with E-state index in [1.165, 1.54) is 0 Å². The lowest BCUT2D eigenvalue weighted by atomic mass is 9.96. The second kappa shape index (κ2) is 2.42. The molecule has 0 atom stereocenters. The van der Waals surface area contributed by atoms with Crippen LogP contribution in [0.4, 0.5) is 0 Å². The summed E-state index contributed by atoms with van der Waals surface area (Å²) in [5.74, 6) is 0.150. The van der Waals surface area contributed by atoms with Gasteiger partial charge in [0.25, 0.3) is 0 Å². The van der Waals surface area contributed by atoms with Crippen LogP contribution in [0.5, 0.6) is 0 Å². The van der Waals surface area contributed by atoms with Crippen molar-refractivity contribution < 1.29 is 4.79 Å². The van der Waals surface area contributed by atoms with Gasteiger partial charge in [0.05, 0.1) is 12.5 Å². The highest BCUT2D eigenvalue weighted by atomic mass is 16.1. The molecule has 0 saturated heterocycles. The van der Waals surface area contributed by atoms with Crippen LogP contribution in [0.15, 0.2) is 0 Å². The van der Waals surface area contributed by atoms with E-state index in [0.717, 1.165) is 19.3 Å². The molecule has 0 aromatic heterocycles. The first kappa shape index (κ1) is 7.27. The van der Waals surface area contributed by atoms with Gasteiger partial charge in [-0.15, -0.1) is 0 Å². The van der Waals surface area contributed by atoms with Crippen molar-refractivity contribution in [2.45, 2.75) is 32.6 Å². The van der Waals surface area contributed by atoms with Crippen molar-refractivity contribution in [3.8, 4) is 6.07 Å². The van der Waals surface area contributed by atoms with Crippen LogP contribution in [0, 0.1) is 16.7 Å². The third kappa shape index (κ3) is 1.04. The van der Waals surface area contributed by atoms with E-state index in [1.54, 1.807) is 0 Å². The number of carbonyl (C=O) groups excluding carboxylic acids is 1. The molecule has 1 saturated carbocycles. The molecule has 2 heteroatoms. The van der Waals surface area contributed by atoms with E-state index in [9.17, 15) is 4.79 Å². The van der Waals surface area contributed by atoms with E-state index < -0.39 is 0 Å². The summed E-state index contributed by atoms with van der Waals surface area (Å²) in [5.41, 5.74) is -0.0598. The van der Waals surface area contributed by atoms with Gasteiger partial charge in [-0.1, -0.05) is 6.92 Å². The summed E-state index contributed by atoms with van der Waals surface area (Å²) >= 11 is 0. The van der Waals surface area contributed by atoms with Gasteiger partial charge in [0.2, 0.25) is 0 Å². The first-order chi connectivity index (χ1) is 4.75. The molecule has 2 nitrogen and oxygen atoms in total. The Bertz CT molecular complexity index is 186. The topological polar surface area (TPSA) is 40.9 Å². The van der Waals surface area contributed by atoms with Crippen LogP contribution in [0.3, 0.4) is 0 Å². The van der Waals surface area contributed by atoms with Crippen LogP contribution in [-0.4, -0.2) is 5.78 Å². The van der Waals surface area contributed by atoms with Crippen LogP contribution >= 0.6 is 0 Å². The molecule has 0 amide bonds. The average Bonchev–Trinajstić information content (AvgIpc) is 2.68. The molecule has 0 N–H and O–H groups in total. The van der Waals surface area contributed by atoms with Crippen molar-refractivity contribution >= 4 is 5.78 Å². The molecule has 0 spiro atoms. The van der Waals surface area contributed by atoms with Crippen LogP contribution in [0.2, 0.25) is 0 Å². The largest absolute Gasteiger partial charge is 0.298 e. The molecule has 0 radical (unpaired) electrons. The number of nitrogens with zero attached hydrogens (tertiary/aromatic N) is 1. The minimum Gasteiger partial charge on any atom is -0.298 e. The monoisotopic (exact) mass is 137 g/mol. The molecular formula is C8H11NO. The highest BCUT2D eigenvalue weighted by molar-refractivity contribution is 5.88. The molecule has 54 valence electrons. The quantitative estimate of drug-likeness (QED) is 0.593. The Balaban J connectivity index is 2.50. The van der Waals surface area contributed by atoms with Crippen molar-refractivity contribution in [2.75, 3.05) is 0 Å². The van der Waals surface area contributed by atoms with E-state index >= 15 is 0 Å². The van der Waals surface area contributed by atoms with E-state index in [0.29, 0.717) is 0 Å². The third-order valence-electron chi connectivity index (χ3n) is 2.36. The maximum Gasteiger partial charge on any atom is 0.153 e. The lowest BCUT2D eigenvalue weighted by molar-refractivity contribution is -0.123. The molecule has 0 aromatic carbocycles. The van der Waals surface area contributed by atoms with Gasteiger partial charge < -0.3 is 0 Å². The molecule has 0 aliphatic heterocycles. The van der Waals surface area contributed by atoms with Crippen molar-refractivity contribution in [3.05, 3.63) is 0 Å². The van der Waals surface area contributed by atoms with E-state index in [2.05, 4.69) is 0 Å². The Morgan fingerprint density at radius 2 is 2.30 bits per heavy atom. The summed E-state index contributed by atoms with van der Waals surface area (Å²) in [5, 5.41) is 8.25. The normalized spacial score (nSPS) is 19.6. The maximum atomic E-state index is 11.1. The molecule has 1 fully saturated rings. The predicted octanol–water partition coefficient (Wildman–Crippen LogP) is 1.66. The fourth-order valence-electron chi connectivity index (χ4n) is 1.24. The van der Waals surface area contributed by atoms with Gasteiger partial charge in [0.15, 0.2) is 5.78 Å². The van der Waals surface area contributed by atoms with E-state index in [1.807, 2.05) is 13.0 Å².